The van der Waals surface area contributed by atoms with Gasteiger partial charge in [-0.15, -0.1) is 0 Å². The van der Waals surface area contributed by atoms with Crippen molar-refractivity contribution in [3.63, 3.8) is 0 Å². The Morgan fingerprint density at radius 3 is 1.40 bits per heavy atom. The zero-order valence-electron chi connectivity index (χ0n) is 28.4. The average molecular weight is 662 g/mol. The lowest BCUT2D eigenvalue weighted by Crippen LogP contribution is -2.57. The molecule has 11 rings (SSSR count). The first-order valence-corrected chi connectivity index (χ1v) is 18.0. The Morgan fingerprint density at radius 1 is 0.346 bits per heavy atom. The van der Waals surface area contributed by atoms with E-state index in [1.165, 1.54) is 77.0 Å². The van der Waals surface area contributed by atoms with Crippen LogP contribution in [-0.2, 0) is 0 Å². The summed E-state index contributed by atoms with van der Waals surface area (Å²) in [4.78, 5) is 2.61. The number of nitrogens with zero attached hydrogens (tertiary/aromatic N) is 3. The molecule has 0 aliphatic carbocycles. The van der Waals surface area contributed by atoms with Gasteiger partial charge in [0.25, 0.3) is 0 Å². The van der Waals surface area contributed by atoms with E-state index in [1.54, 1.807) is 0 Å². The quantitative estimate of drug-likeness (QED) is 0.171. The molecule has 0 fully saturated rings. The van der Waals surface area contributed by atoms with Gasteiger partial charge in [0, 0.05) is 49.9 Å². The topological polar surface area (TPSA) is 13.1 Å². The third-order valence-electron chi connectivity index (χ3n) is 10.9. The highest BCUT2D eigenvalue weighted by Gasteiger charge is 2.40. The number of anilines is 2. The monoisotopic (exact) mass is 661 g/mol. The van der Waals surface area contributed by atoms with E-state index in [0.717, 1.165) is 11.4 Å². The van der Waals surface area contributed by atoms with E-state index in [2.05, 4.69) is 208 Å². The van der Waals surface area contributed by atoms with Crippen LogP contribution in [0.3, 0.4) is 0 Å². The standard InChI is InChI=1S/C48H32BN3/c1-5-17-33(18-6-1)49-40-30-32-43-46(37-25-13-15-27-41(37)50(43)34-19-7-2-8-20-34)45(40)39-29-31-44-47(48(39)52(49)36-23-11-4-12-24-36)38-26-14-16-28-42(38)51(44)35-21-9-3-10-22-35/h1-32H. The van der Waals surface area contributed by atoms with Gasteiger partial charge in [-0.2, -0.15) is 0 Å². The lowest BCUT2D eigenvalue weighted by atomic mass is 9.45. The van der Waals surface area contributed by atoms with Crippen LogP contribution >= 0.6 is 0 Å². The smallest absolute Gasteiger partial charge is 0.328 e. The molecule has 0 bridgehead atoms. The van der Waals surface area contributed by atoms with E-state index in [0.29, 0.717) is 0 Å². The number of fused-ring (bicyclic) bond motifs is 11. The molecule has 0 unspecified atom stereocenters. The first-order valence-electron chi connectivity index (χ1n) is 18.0. The Balaban J connectivity index is 1.36. The van der Waals surface area contributed by atoms with Crippen molar-refractivity contribution in [1.29, 1.82) is 0 Å². The normalized spacial score (nSPS) is 12.5. The van der Waals surface area contributed by atoms with E-state index >= 15 is 0 Å². The number of benzene rings is 8. The predicted octanol–water partition coefficient (Wildman–Crippen LogP) is 10.8. The van der Waals surface area contributed by atoms with Crippen molar-refractivity contribution in [2.75, 3.05) is 4.81 Å². The summed E-state index contributed by atoms with van der Waals surface area (Å²) in [5.41, 5.74) is 14.7. The fourth-order valence-corrected chi connectivity index (χ4v) is 8.90. The van der Waals surface area contributed by atoms with Crippen LogP contribution in [0.4, 0.5) is 11.4 Å². The number of hydrogen-bond acceptors (Lipinski definition) is 1. The summed E-state index contributed by atoms with van der Waals surface area (Å²) >= 11 is 0. The van der Waals surface area contributed by atoms with Gasteiger partial charge >= 0.3 is 6.85 Å². The zero-order valence-corrected chi connectivity index (χ0v) is 28.4. The first kappa shape index (κ1) is 29.0. The second-order valence-corrected chi connectivity index (χ2v) is 13.7. The van der Waals surface area contributed by atoms with Gasteiger partial charge in [0.15, 0.2) is 0 Å². The van der Waals surface area contributed by atoms with E-state index < -0.39 is 0 Å². The zero-order chi connectivity index (χ0) is 34.2. The molecule has 3 nitrogen and oxygen atoms in total. The highest BCUT2D eigenvalue weighted by atomic mass is 15.1. The van der Waals surface area contributed by atoms with Gasteiger partial charge in [-0.3, -0.25) is 0 Å². The van der Waals surface area contributed by atoms with Crippen LogP contribution in [0.2, 0.25) is 0 Å². The van der Waals surface area contributed by atoms with Gasteiger partial charge in [-0.05, 0) is 71.7 Å². The SMILES string of the molecule is c1ccc(B2c3ccc4c(c3-c3ccc5c(c3N2c2ccccc2)c2ccccc2n5-c2ccccc2)c2ccccc2n4-c2ccccc2)cc1. The van der Waals surface area contributed by atoms with Crippen LogP contribution < -0.4 is 15.7 Å². The summed E-state index contributed by atoms with van der Waals surface area (Å²) in [5.74, 6) is 0. The summed E-state index contributed by atoms with van der Waals surface area (Å²) in [5, 5.41) is 5.05. The van der Waals surface area contributed by atoms with Crippen LogP contribution in [0.5, 0.6) is 0 Å². The molecule has 1 aliphatic rings. The van der Waals surface area contributed by atoms with E-state index in [1.807, 2.05) is 0 Å². The van der Waals surface area contributed by atoms with E-state index in [9.17, 15) is 0 Å². The van der Waals surface area contributed by atoms with Crippen molar-refractivity contribution in [3.05, 3.63) is 194 Å². The van der Waals surface area contributed by atoms with Crippen LogP contribution in [-0.4, -0.2) is 16.0 Å². The fourth-order valence-electron chi connectivity index (χ4n) is 8.90. The molecule has 2 aromatic heterocycles. The highest BCUT2D eigenvalue weighted by Crippen LogP contribution is 2.50. The maximum atomic E-state index is 2.61. The Morgan fingerprint density at radius 2 is 0.808 bits per heavy atom. The molecule has 3 heterocycles. The van der Waals surface area contributed by atoms with Crippen LogP contribution in [0.15, 0.2) is 194 Å². The molecule has 10 aromatic rings. The third-order valence-corrected chi connectivity index (χ3v) is 10.9. The number of rotatable bonds is 4. The number of hydrogen-bond donors (Lipinski definition) is 0. The second kappa shape index (κ2) is 11.4. The van der Waals surface area contributed by atoms with Gasteiger partial charge in [0.2, 0.25) is 0 Å². The summed E-state index contributed by atoms with van der Waals surface area (Å²) in [6, 6.07) is 70.9. The summed E-state index contributed by atoms with van der Waals surface area (Å²) in [7, 11) is 0. The molecule has 0 spiro atoms. The molecule has 52 heavy (non-hydrogen) atoms. The Bertz CT molecular complexity index is 2950. The molecule has 0 saturated carbocycles. The lowest BCUT2D eigenvalue weighted by molar-refractivity contribution is 1.18. The molecule has 0 atom stereocenters. The van der Waals surface area contributed by atoms with Crippen molar-refractivity contribution in [1.82, 2.24) is 9.13 Å². The Kier molecular flexibility index (Phi) is 6.35. The van der Waals surface area contributed by atoms with Crippen molar-refractivity contribution in [2.24, 2.45) is 0 Å². The minimum absolute atomic E-state index is 0.0706. The molecule has 4 heteroatoms. The summed E-state index contributed by atoms with van der Waals surface area (Å²) in [6.45, 7) is -0.0706. The molecule has 0 N–H and O–H groups in total. The van der Waals surface area contributed by atoms with Crippen LogP contribution in [0, 0.1) is 0 Å². The molecule has 0 radical (unpaired) electrons. The Hall–Kier alpha value is -6.78. The van der Waals surface area contributed by atoms with Crippen molar-refractivity contribution in [3.8, 4) is 22.5 Å². The second-order valence-electron chi connectivity index (χ2n) is 13.7. The maximum Gasteiger partial charge on any atom is 0.328 e. The van der Waals surface area contributed by atoms with Crippen molar-refractivity contribution >= 4 is 72.8 Å². The lowest BCUT2D eigenvalue weighted by Gasteiger charge is -2.40. The van der Waals surface area contributed by atoms with Crippen LogP contribution in [0.25, 0.3) is 66.1 Å². The predicted molar refractivity (Wildman–Crippen MR) is 221 cm³/mol. The van der Waals surface area contributed by atoms with Gasteiger partial charge < -0.3 is 13.9 Å². The molecular formula is C48H32BN3. The molecule has 242 valence electrons. The fraction of sp³-hybridized carbons (Fsp3) is 0. The van der Waals surface area contributed by atoms with E-state index in [4.69, 9.17) is 0 Å². The van der Waals surface area contributed by atoms with Gasteiger partial charge in [-0.1, -0.05) is 139 Å². The van der Waals surface area contributed by atoms with E-state index in [-0.39, 0.29) is 6.85 Å². The number of aromatic nitrogens is 2. The molecule has 8 aromatic carbocycles. The molecule has 0 amide bonds. The highest BCUT2D eigenvalue weighted by molar-refractivity contribution is 6.91. The summed E-state index contributed by atoms with van der Waals surface area (Å²) < 4.78 is 4.87. The average Bonchev–Trinajstić information content (AvgIpc) is 3.75. The largest absolute Gasteiger partial charge is 0.376 e. The van der Waals surface area contributed by atoms with Crippen LogP contribution in [0.1, 0.15) is 0 Å². The molecule has 1 aliphatic heterocycles. The summed E-state index contributed by atoms with van der Waals surface area (Å²) in [6.07, 6.45) is 0. The third kappa shape index (κ3) is 4.09. The number of para-hydroxylation sites is 5. The molecule has 0 saturated heterocycles. The van der Waals surface area contributed by atoms with Crippen molar-refractivity contribution < 1.29 is 0 Å². The van der Waals surface area contributed by atoms with Gasteiger partial charge in [-0.25, -0.2) is 0 Å². The Labute approximate surface area is 302 Å². The maximum absolute atomic E-state index is 2.61. The minimum atomic E-state index is -0.0706. The van der Waals surface area contributed by atoms with Gasteiger partial charge in [0.05, 0.1) is 22.1 Å². The first-order chi connectivity index (χ1) is 25.9. The van der Waals surface area contributed by atoms with Gasteiger partial charge in [0.1, 0.15) is 0 Å². The molecular weight excluding hydrogens is 629 g/mol. The van der Waals surface area contributed by atoms with Crippen molar-refractivity contribution in [2.45, 2.75) is 0 Å². The minimum Gasteiger partial charge on any atom is -0.376 e.